The summed E-state index contributed by atoms with van der Waals surface area (Å²) in [5, 5.41) is 3.17. The van der Waals surface area contributed by atoms with Crippen LogP contribution in [0.3, 0.4) is 0 Å². The molecule has 2 aliphatic rings. The molecule has 80 valence electrons. The summed E-state index contributed by atoms with van der Waals surface area (Å²) in [6.45, 7) is 2.70. The van der Waals surface area contributed by atoms with Crippen LogP contribution in [-0.4, -0.2) is 49.7 Å². The van der Waals surface area contributed by atoms with E-state index in [9.17, 15) is 4.79 Å². The van der Waals surface area contributed by atoms with Gasteiger partial charge in [-0.1, -0.05) is 0 Å². The molecule has 4 nitrogen and oxygen atoms in total. The number of amides is 1. The molecule has 0 aromatic heterocycles. The SMILES string of the molecule is CN(C(=O)CC1CCCO1)C1CNC1. The topological polar surface area (TPSA) is 41.6 Å². The largest absolute Gasteiger partial charge is 0.378 e. The van der Waals surface area contributed by atoms with Crippen LogP contribution in [0.15, 0.2) is 0 Å². The van der Waals surface area contributed by atoms with Crippen LogP contribution < -0.4 is 5.32 Å². The van der Waals surface area contributed by atoms with Gasteiger partial charge in [-0.15, -0.1) is 0 Å². The van der Waals surface area contributed by atoms with Crippen LogP contribution in [0.1, 0.15) is 19.3 Å². The zero-order valence-electron chi connectivity index (χ0n) is 8.66. The van der Waals surface area contributed by atoms with E-state index in [0.29, 0.717) is 12.5 Å². The highest BCUT2D eigenvalue weighted by atomic mass is 16.5. The second-order valence-corrected chi connectivity index (χ2v) is 4.16. The summed E-state index contributed by atoms with van der Waals surface area (Å²) >= 11 is 0. The maximum Gasteiger partial charge on any atom is 0.225 e. The van der Waals surface area contributed by atoms with Crippen LogP contribution in [-0.2, 0) is 9.53 Å². The van der Waals surface area contributed by atoms with Gasteiger partial charge < -0.3 is 15.0 Å². The average molecular weight is 198 g/mol. The lowest BCUT2D eigenvalue weighted by atomic mass is 10.1. The molecule has 2 rings (SSSR count). The van der Waals surface area contributed by atoms with Crippen molar-refractivity contribution in [2.24, 2.45) is 0 Å². The summed E-state index contributed by atoms with van der Waals surface area (Å²) in [4.78, 5) is 13.6. The third-order valence-corrected chi connectivity index (χ3v) is 3.13. The van der Waals surface area contributed by atoms with Crippen LogP contribution in [0, 0.1) is 0 Å². The van der Waals surface area contributed by atoms with Crippen molar-refractivity contribution in [2.75, 3.05) is 26.7 Å². The molecule has 0 bridgehead atoms. The fourth-order valence-electron chi connectivity index (χ4n) is 1.90. The molecule has 4 heteroatoms. The average Bonchev–Trinajstić information content (AvgIpc) is 2.53. The lowest BCUT2D eigenvalue weighted by Gasteiger charge is -2.36. The Hall–Kier alpha value is -0.610. The molecule has 0 aromatic carbocycles. The Kier molecular flexibility index (Phi) is 3.03. The predicted molar refractivity (Wildman–Crippen MR) is 53.0 cm³/mol. The summed E-state index contributed by atoms with van der Waals surface area (Å²) in [6, 6.07) is 0.406. The van der Waals surface area contributed by atoms with E-state index in [-0.39, 0.29) is 12.0 Å². The highest BCUT2D eigenvalue weighted by Gasteiger charge is 2.27. The van der Waals surface area contributed by atoms with Crippen molar-refractivity contribution in [3.8, 4) is 0 Å². The van der Waals surface area contributed by atoms with Crippen LogP contribution in [0.25, 0.3) is 0 Å². The molecule has 0 radical (unpaired) electrons. The minimum atomic E-state index is 0.179. The number of nitrogens with one attached hydrogen (secondary N) is 1. The minimum absolute atomic E-state index is 0.179. The molecular weight excluding hydrogens is 180 g/mol. The van der Waals surface area contributed by atoms with E-state index in [1.165, 1.54) is 0 Å². The van der Waals surface area contributed by atoms with Crippen molar-refractivity contribution < 1.29 is 9.53 Å². The molecule has 1 N–H and O–H groups in total. The van der Waals surface area contributed by atoms with Gasteiger partial charge in [-0.2, -0.15) is 0 Å². The zero-order chi connectivity index (χ0) is 9.97. The Morgan fingerprint density at radius 3 is 2.86 bits per heavy atom. The highest BCUT2D eigenvalue weighted by Crippen LogP contribution is 2.17. The summed E-state index contributed by atoms with van der Waals surface area (Å²) in [5.74, 6) is 0.225. The lowest BCUT2D eigenvalue weighted by molar-refractivity contribution is -0.135. The van der Waals surface area contributed by atoms with E-state index in [4.69, 9.17) is 4.74 Å². The first-order valence-corrected chi connectivity index (χ1v) is 5.35. The molecule has 1 unspecified atom stereocenters. The second kappa shape index (κ2) is 4.28. The molecular formula is C10H18N2O2. The Labute approximate surface area is 84.6 Å². The fourth-order valence-corrected chi connectivity index (χ4v) is 1.90. The molecule has 2 saturated heterocycles. The lowest BCUT2D eigenvalue weighted by Crippen LogP contribution is -2.57. The number of carbonyl (C=O) groups excluding carboxylic acids is 1. The number of ether oxygens (including phenoxy) is 1. The molecule has 2 fully saturated rings. The summed E-state index contributed by atoms with van der Waals surface area (Å²) < 4.78 is 5.44. The monoisotopic (exact) mass is 198 g/mol. The van der Waals surface area contributed by atoms with E-state index < -0.39 is 0 Å². The van der Waals surface area contributed by atoms with Crippen molar-refractivity contribution in [3.63, 3.8) is 0 Å². The van der Waals surface area contributed by atoms with Gasteiger partial charge in [0.2, 0.25) is 5.91 Å². The molecule has 1 amide bonds. The van der Waals surface area contributed by atoms with Crippen molar-refractivity contribution in [2.45, 2.75) is 31.4 Å². The molecule has 14 heavy (non-hydrogen) atoms. The fraction of sp³-hybridized carbons (Fsp3) is 0.900. The van der Waals surface area contributed by atoms with Crippen molar-refractivity contribution >= 4 is 5.91 Å². The van der Waals surface area contributed by atoms with Gasteiger partial charge in [0.05, 0.1) is 18.6 Å². The summed E-state index contributed by atoms with van der Waals surface area (Å²) in [6.07, 6.45) is 2.89. The molecule has 2 aliphatic heterocycles. The Morgan fingerprint density at radius 1 is 1.57 bits per heavy atom. The van der Waals surface area contributed by atoms with Gasteiger partial charge >= 0.3 is 0 Å². The van der Waals surface area contributed by atoms with Gasteiger partial charge in [0, 0.05) is 26.7 Å². The first kappa shape index (κ1) is 9.93. The maximum absolute atomic E-state index is 11.8. The molecule has 0 aromatic rings. The Balaban J connectivity index is 1.75. The molecule has 2 heterocycles. The number of hydrogen-bond acceptors (Lipinski definition) is 3. The van der Waals surface area contributed by atoms with E-state index in [1.807, 2.05) is 11.9 Å². The number of hydrogen-bond donors (Lipinski definition) is 1. The predicted octanol–water partition coefficient (Wildman–Crippen LogP) is -0.0143. The van der Waals surface area contributed by atoms with E-state index in [1.54, 1.807) is 0 Å². The third kappa shape index (κ3) is 2.07. The van der Waals surface area contributed by atoms with Crippen LogP contribution in [0.5, 0.6) is 0 Å². The van der Waals surface area contributed by atoms with Gasteiger partial charge in [0.15, 0.2) is 0 Å². The molecule has 0 spiro atoms. The van der Waals surface area contributed by atoms with Gasteiger partial charge in [-0.05, 0) is 12.8 Å². The third-order valence-electron chi connectivity index (χ3n) is 3.13. The van der Waals surface area contributed by atoms with E-state index in [2.05, 4.69) is 5.32 Å². The van der Waals surface area contributed by atoms with Gasteiger partial charge in [0.25, 0.3) is 0 Å². The molecule has 1 atom stereocenters. The number of carbonyl (C=O) groups is 1. The van der Waals surface area contributed by atoms with E-state index >= 15 is 0 Å². The smallest absolute Gasteiger partial charge is 0.225 e. The van der Waals surface area contributed by atoms with Gasteiger partial charge in [0.1, 0.15) is 0 Å². The van der Waals surface area contributed by atoms with Gasteiger partial charge in [-0.3, -0.25) is 4.79 Å². The quantitative estimate of drug-likeness (QED) is 0.693. The normalized spacial score (nSPS) is 27.4. The maximum atomic E-state index is 11.8. The van der Waals surface area contributed by atoms with Crippen molar-refractivity contribution in [1.82, 2.24) is 10.2 Å². The summed E-state index contributed by atoms with van der Waals surface area (Å²) in [7, 11) is 1.89. The highest BCUT2D eigenvalue weighted by molar-refractivity contribution is 5.77. The first-order valence-electron chi connectivity index (χ1n) is 5.35. The second-order valence-electron chi connectivity index (χ2n) is 4.16. The number of rotatable bonds is 3. The molecule has 0 aliphatic carbocycles. The van der Waals surface area contributed by atoms with Gasteiger partial charge in [-0.25, -0.2) is 0 Å². The minimum Gasteiger partial charge on any atom is -0.378 e. The van der Waals surface area contributed by atoms with E-state index in [0.717, 1.165) is 32.5 Å². The Bertz CT molecular complexity index is 210. The Morgan fingerprint density at radius 2 is 2.36 bits per heavy atom. The summed E-state index contributed by atoms with van der Waals surface area (Å²) in [5.41, 5.74) is 0. The standard InChI is InChI=1S/C10H18N2O2/c1-12(8-6-11-7-8)10(13)5-9-3-2-4-14-9/h8-9,11H,2-7H2,1H3. The van der Waals surface area contributed by atoms with Crippen molar-refractivity contribution in [1.29, 1.82) is 0 Å². The van der Waals surface area contributed by atoms with Crippen LogP contribution in [0.4, 0.5) is 0 Å². The zero-order valence-corrected chi connectivity index (χ0v) is 8.66. The number of likely N-dealkylation sites (N-methyl/N-ethyl adjacent to an activating group) is 1. The first-order chi connectivity index (χ1) is 6.77. The van der Waals surface area contributed by atoms with Crippen molar-refractivity contribution in [3.05, 3.63) is 0 Å². The van der Waals surface area contributed by atoms with Crippen LogP contribution >= 0.6 is 0 Å². The number of nitrogens with zero attached hydrogens (tertiary/aromatic N) is 1. The molecule has 0 saturated carbocycles. The van der Waals surface area contributed by atoms with Crippen LogP contribution in [0.2, 0.25) is 0 Å².